The molecule has 6 nitrogen and oxygen atoms in total. The van der Waals surface area contributed by atoms with E-state index in [1.54, 1.807) is 18.2 Å². The smallest absolute Gasteiger partial charge is 0.340 e. The molecule has 0 atom stereocenters. The van der Waals surface area contributed by atoms with Crippen LogP contribution in [0.2, 0.25) is 0 Å². The quantitative estimate of drug-likeness (QED) is 0.269. The Balaban J connectivity index is 1.60. The molecular formula is C20H19NO5S4. The molecule has 158 valence electrons. The summed E-state index contributed by atoms with van der Waals surface area (Å²) in [5.74, 6) is -0.842. The van der Waals surface area contributed by atoms with E-state index in [9.17, 15) is 18.0 Å². The molecule has 30 heavy (non-hydrogen) atoms. The van der Waals surface area contributed by atoms with Gasteiger partial charge in [-0.3, -0.25) is 4.79 Å². The van der Waals surface area contributed by atoms with Gasteiger partial charge >= 0.3 is 5.97 Å². The van der Waals surface area contributed by atoms with E-state index in [4.69, 9.17) is 4.74 Å². The molecule has 0 unspecified atom stereocenters. The number of rotatable bonds is 10. The molecule has 3 aromatic heterocycles. The summed E-state index contributed by atoms with van der Waals surface area (Å²) in [6, 6.07) is 10.9. The number of hydrogen-bond donors (Lipinski definition) is 1. The lowest BCUT2D eigenvalue weighted by molar-refractivity contribution is -0.135. The molecule has 0 bridgehead atoms. The van der Waals surface area contributed by atoms with Gasteiger partial charge in [0, 0.05) is 21.2 Å². The van der Waals surface area contributed by atoms with Gasteiger partial charge in [-0.1, -0.05) is 12.1 Å². The van der Waals surface area contributed by atoms with Crippen LogP contribution in [0.25, 0.3) is 11.6 Å². The minimum atomic E-state index is -3.24. The zero-order valence-electron chi connectivity index (χ0n) is 16.0. The fourth-order valence-corrected chi connectivity index (χ4v) is 5.27. The van der Waals surface area contributed by atoms with Gasteiger partial charge < -0.3 is 4.74 Å². The van der Waals surface area contributed by atoms with Crippen molar-refractivity contribution in [2.75, 3.05) is 19.4 Å². The van der Waals surface area contributed by atoms with Crippen LogP contribution < -0.4 is 4.72 Å². The second kappa shape index (κ2) is 10.3. The third-order valence-electron chi connectivity index (χ3n) is 3.84. The maximum Gasteiger partial charge on any atom is 0.340 e. The second-order valence-corrected chi connectivity index (χ2v) is 11.2. The van der Waals surface area contributed by atoms with Crippen molar-refractivity contribution in [1.29, 1.82) is 0 Å². The average molecular weight is 482 g/mol. The van der Waals surface area contributed by atoms with E-state index in [0.717, 1.165) is 20.9 Å². The molecule has 0 radical (unpaired) electrons. The second-order valence-electron chi connectivity index (χ2n) is 6.23. The van der Waals surface area contributed by atoms with Crippen molar-refractivity contribution in [3.63, 3.8) is 0 Å². The summed E-state index contributed by atoms with van der Waals surface area (Å²) in [6.45, 7) is -0.0901. The minimum Gasteiger partial charge on any atom is -0.454 e. The van der Waals surface area contributed by atoms with E-state index in [1.165, 1.54) is 34.0 Å². The highest BCUT2D eigenvalue weighted by Gasteiger charge is 2.18. The summed E-state index contributed by atoms with van der Waals surface area (Å²) in [5, 5.41) is 3.80. The molecule has 0 saturated carbocycles. The fraction of sp³-hybridized carbons (Fsp3) is 0.200. The summed E-state index contributed by atoms with van der Waals surface area (Å²) < 4.78 is 29.9. The summed E-state index contributed by atoms with van der Waals surface area (Å²) in [6.07, 6.45) is 3.35. The third kappa shape index (κ3) is 6.71. The summed E-state index contributed by atoms with van der Waals surface area (Å²) in [7, 11) is -3.24. The Labute approximate surface area is 186 Å². The number of Topliss-reactive ketones (excluding diaryl/α,β-unsaturated/α-hetero) is 1. The Hall–Kier alpha value is -2.11. The van der Waals surface area contributed by atoms with Gasteiger partial charge in [-0.2, -0.15) is 0 Å². The fourth-order valence-electron chi connectivity index (χ4n) is 2.48. The van der Waals surface area contributed by atoms with Gasteiger partial charge in [0.15, 0.2) is 6.61 Å². The molecule has 0 saturated heterocycles. The van der Waals surface area contributed by atoms with Crippen LogP contribution in [0.3, 0.4) is 0 Å². The summed E-state index contributed by atoms with van der Waals surface area (Å²) >= 11 is 4.21. The maximum absolute atomic E-state index is 12.7. The van der Waals surface area contributed by atoms with Gasteiger partial charge in [-0.05, 0) is 47.5 Å². The van der Waals surface area contributed by atoms with Gasteiger partial charge in [-0.25, -0.2) is 17.9 Å². The van der Waals surface area contributed by atoms with Crippen LogP contribution in [0.5, 0.6) is 0 Å². The van der Waals surface area contributed by atoms with Gasteiger partial charge in [-0.15, -0.1) is 34.0 Å². The normalized spacial score (nSPS) is 12.1. The standard InChI is InChI=1S/C20H19NO5S4/c1-30(24,25)21-9-8-14-6-7-19(29-14)17(22)13-26-20(23)16(18-5-3-11-28-18)12-15-4-2-10-27-15/h2-7,10-12,21H,8-9,13H2,1H3. The van der Waals surface area contributed by atoms with Crippen molar-refractivity contribution in [3.05, 3.63) is 66.7 Å². The predicted molar refractivity (Wildman–Crippen MR) is 123 cm³/mol. The predicted octanol–water partition coefficient (Wildman–Crippen LogP) is 3.93. The number of hydrogen-bond acceptors (Lipinski definition) is 8. The molecule has 3 rings (SSSR count). The Bertz CT molecular complexity index is 1130. The number of esters is 1. The molecule has 3 heterocycles. The number of carbonyl (C=O) groups is 2. The van der Waals surface area contributed by atoms with Crippen LogP contribution in [0.1, 0.15) is 24.3 Å². The molecule has 0 aliphatic rings. The molecule has 10 heteroatoms. The zero-order chi connectivity index (χ0) is 21.6. The number of carbonyl (C=O) groups excluding carboxylic acids is 2. The molecule has 0 aromatic carbocycles. The van der Waals surface area contributed by atoms with Gasteiger partial charge in [0.1, 0.15) is 0 Å². The highest BCUT2D eigenvalue weighted by molar-refractivity contribution is 7.88. The summed E-state index contributed by atoms with van der Waals surface area (Å²) in [4.78, 5) is 28.1. The van der Waals surface area contributed by atoms with Crippen molar-refractivity contribution < 1.29 is 22.7 Å². The number of thiophene rings is 3. The lowest BCUT2D eigenvalue weighted by Crippen LogP contribution is -2.24. The Kier molecular flexibility index (Phi) is 7.73. The minimum absolute atomic E-state index is 0.264. The van der Waals surface area contributed by atoms with E-state index in [0.29, 0.717) is 16.9 Å². The molecule has 0 aliphatic carbocycles. The van der Waals surface area contributed by atoms with Crippen LogP contribution in [0.4, 0.5) is 0 Å². The van der Waals surface area contributed by atoms with Crippen molar-refractivity contribution in [1.82, 2.24) is 4.72 Å². The zero-order valence-corrected chi connectivity index (χ0v) is 19.3. The molecular weight excluding hydrogens is 462 g/mol. The van der Waals surface area contributed by atoms with Crippen LogP contribution >= 0.6 is 34.0 Å². The Morgan fingerprint density at radius 1 is 1.07 bits per heavy atom. The van der Waals surface area contributed by atoms with Crippen LogP contribution in [0, 0.1) is 0 Å². The van der Waals surface area contributed by atoms with Crippen LogP contribution in [-0.4, -0.2) is 39.6 Å². The first kappa shape index (κ1) is 22.6. The van der Waals surface area contributed by atoms with Gasteiger partial charge in [0.25, 0.3) is 0 Å². The lowest BCUT2D eigenvalue weighted by Gasteiger charge is -2.06. The topological polar surface area (TPSA) is 89.5 Å². The number of ketones is 1. The first-order chi connectivity index (χ1) is 14.3. The molecule has 0 amide bonds. The average Bonchev–Trinajstić information content (AvgIpc) is 3.45. The Morgan fingerprint density at radius 2 is 1.83 bits per heavy atom. The molecule has 3 aromatic rings. The van der Waals surface area contributed by atoms with E-state index in [2.05, 4.69) is 4.72 Å². The molecule has 0 aliphatic heterocycles. The van der Waals surface area contributed by atoms with Gasteiger partial charge in [0.05, 0.1) is 16.7 Å². The first-order valence-corrected chi connectivity index (χ1v) is 13.3. The van der Waals surface area contributed by atoms with Crippen molar-refractivity contribution in [2.24, 2.45) is 0 Å². The third-order valence-corrected chi connectivity index (χ3v) is 7.48. The molecule has 1 N–H and O–H groups in total. The Morgan fingerprint density at radius 3 is 2.50 bits per heavy atom. The van der Waals surface area contributed by atoms with E-state index < -0.39 is 16.0 Å². The van der Waals surface area contributed by atoms with Crippen molar-refractivity contribution in [3.8, 4) is 0 Å². The molecule has 0 spiro atoms. The van der Waals surface area contributed by atoms with E-state index in [-0.39, 0.29) is 18.9 Å². The number of sulfonamides is 1. The lowest BCUT2D eigenvalue weighted by atomic mass is 10.2. The highest BCUT2D eigenvalue weighted by Crippen LogP contribution is 2.26. The number of ether oxygens (including phenoxy) is 1. The van der Waals surface area contributed by atoms with Gasteiger partial charge in [0.2, 0.25) is 15.8 Å². The number of nitrogens with one attached hydrogen (secondary N) is 1. The van der Waals surface area contributed by atoms with E-state index in [1.807, 2.05) is 35.0 Å². The van der Waals surface area contributed by atoms with Crippen LogP contribution in [0.15, 0.2) is 47.2 Å². The van der Waals surface area contributed by atoms with Crippen molar-refractivity contribution >= 4 is 67.4 Å². The summed E-state index contributed by atoms with van der Waals surface area (Å²) in [5.41, 5.74) is 0.416. The molecule has 0 fully saturated rings. The maximum atomic E-state index is 12.7. The monoisotopic (exact) mass is 481 g/mol. The van der Waals surface area contributed by atoms with Crippen molar-refractivity contribution in [2.45, 2.75) is 6.42 Å². The SMILES string of the molecule is CS(=O)(=O)NCCc1ccc(C(=O)COC(=O)C(=Cc2cccs2)c2cccs2)s1. The first-order valence-electron chi connectivity index (χ1n) is 8.84. The largest absolute Gasteiger partial charge is 0.454 e. The van der Waals surface area contributed by atoms with E-state index >= 15 is 0 Å². The highest BCUT2D eigenvalue weighted by atomic mass is 32.2. The van der Waals surface area contributed by atoms with Crippen LogP contribution in [-0.2, 0) is 26.0 Å².